The van der Waals surface area contributed by atoms with Crippen LogP contribution in [0.25, 0.3) is 0 Å². The Bertz CT molecular complexity index is 967. The molecule has 2 N–H and O–H groups in total. The zero-order valence-corrected chi connectivity index (χ0v) is 15.9. The Hall–Kier alpha value is -3.54. The minimum absolute atomic E-state index is 0.0434. The maximum absolute atomic E-state index is 12.2. The van der Waals surface area contributed by atoms with E-state index in [0.29, 0.717) is 17.2 Å². The normalized spacial score (nSPS) is 10.4. The van der Waals surface area contributed by atoms with Crippen LogP contribution in [0, 0.1) is 13.8 Å². The van der Waals surface area contributed by atoms with E-state index in [1.54, 1.807) is 24.3 Å². The highest BCUT2D eigenvalue weighted by Crippen LogP contribution is 2.19. The molecule has 0 aliphatic carbocycles. The van der Waals surface area contributed by atoms with Crippen LogP contribution in [0.2, 0.25) is 0 Å². The number of benzene rings is 2. The summed E-state index contributed by atoms with van der Waals surface area (Å²) in [6, 6.07) is 18.2. The van der Waals surface area contributed by atoms with E-state index >= 15 is 0 Å². The highest BCUT2D eigenvalue weighted by molar-refractivity contribution is 6.00. The summed E-state index contributed by atoms with van der Waals surface area (Å²) in [6.07, 6.45) is 0.301. The fourth-order valence-corrected chi connectivity index (χ4v) is 2.80. The van der Waals surface area contributed by atoms with Gasteiger partial charge in [-0.3, -0.25) is 9.59 Å². The largest absolute Gasteiger partial charge is 0.326 e. The van der Waals surface area contributed by atoms with Crippen LogP contribution in [-0.4, -0.2) is 21.7 Å². The lowest BCUT2D eigenvalue weighted by Crippen LogP contribution is -2.13. The van der Waals surface area contributed by atoms with E-state index in [-0.39, 0.29) is 24.5 Å². The highest BCUT2D eigenvalue weighted by Gasteiger charge is 2.10. The third-order valence-electron chi connectivity index (χ3n) is 4.06. The summed E-state index contributed by atoms with van der Waals surface area (Å²) in [4.78, 5) is 33.0. The summed E-state index contributed by atoms with van der Waals surface area (Å²) in [5, 5.41) is 5.97. The van der Waals surface area contributed by atoms with Gasteiger partial charge in [0.15, 0.2) is 5.78 Å². The van der Waals surface area contributed by atoms with Gasteiger partial charge in [0.25, 0.3) is 0 Å². The minimum Gasteiger partial charge on any atom is -0.326 e. The van der Waals surface area contributed by atoms with Crippen molar-refractivity contribution in [2.45, 2.75) is 26.7 Å². The number of ketones is 1. The molecule has 0 radical (unpaired) electrons. The van der Waals surface area contributed by atoms with Crippen molar-refractivity contribution >= 4 is 29.0 Å². The van der Waals surface area contributed by atoms with Crippen LogP contribution < -0.4 is 10.6 Å². The molecule has 0 spiro atoms. The van der Waals surface area contributed by atoms with Crippen LogP contribution in [0.4, 0.5) is 17.3 Å². The third-order valence-corrected chi connectivity index (χ3v) is 4.06. The Kier molecular flexibility index (Phi) is 6.11. The number of hydrogen-bond donors (Lipinski definition) is 2. The lowest BCUT2D eigenvalue weighted by molar-refractivity contribution is -0.116. The topological polar surface area (TPSA) is 84.0 Å². The fourth-order valence-electron chi connectivity index (χ4n) is 2.80. The molecule has 0 bridgehead atoms. The molecule has 0 atom stereocenters. The van der Waals surface area contributed by atoms with Gasteiger partial charge in [-0.15, -0.1) is 0 Å². The Morgan fingerprint density at radius 3 is 2.21 bits per heavy atom. The number of rotatable bonds is 7. The zero-order valence-electron chi connectivity index (χ0n) is 15.9. The summed E-state index contributed by atoms with van der Waals surface area (Å²) in [5.74, 6) is 0.261. The summed E-state index contributed by atoms with van der Waals surface area (Å²) in [7, 11) is 0. The summed E-state index contributed by atoms with van der Waals surface area (Å²) in [6.45, 7) is 3.82. The molecule has 0 saturated carbocycles. The van der Waals surface area contributed by atoms with Crippen molar-refractivity contribution in [3.63, 3.8) is 0 Å². The van der Waals surface area contributed by atoms with Crippen LogP contribution in [-0.2, 0) is 4.79 Å². The molecule has 0 aliphatic heterocycles. The molecular formula is C22H22N4O2. The van der Waals surface area contributed by atoms with Gasteiger partial charge in [-0.1, -0.05) is 36.4 Å². The molecular weight excluding hydrogens is 352 g/mol. The van der Waals surface area contributed by atoms with Gasteiger partial charge in [0.05, 0.1) is 0 Å². The van der Waals surface area contributed by atoms with Crippen molar-refractivity contribution in [3.8, 4) is 0 Å². The molecule has 3 rings (SSSR count). The molecule has 1 aromatic heterocycles. The van der Waals surface area contributed by atoms with Crippen molar-refractivity contribution in [1.29, 1.82) is 0 Å². The second kappa shape index (κ2) is 8.90. The number of amides is 1. The molecule has 142 valence electrons. The van der Waals surface area contributed by atoms with E-state index in [4.69, 9.17) is 0 Å². The van der Waals surface area contributed by atoms with E-state index < -0.39 is 0 Å². The van der Waals surface area contributed by atoms with E-state index in [0.717, 1.165) is 17.1 Å². The van der Waals surface area contributed by atoms with Crippen LogP contribution in [0.3, 0.4) is 0 Å². The van der Waals surface area contributed by atoms with Gasteiger partial charge >= 0.3 is 0 Å². The number of nitrogens with one attached hydrogen (secondary N) is 2. The van der Waals surface area contributed by atoms with Gasteiger partial charge in [-0.05, 0) is 38.1 Å². The number of anilines is 3. The molecule has 1 heterocycles. The Morgan fingerprint density at radius 2 is 1.50 bits per heavy atom. The summed E-state index contributed by atoms with van der Waals surface area (Å²) < 4.78 is 0. The molecule has 0 fully saturated rings. The molecule has 28 heavy (non-hydrogen) atoms. The van der Waals surface area contributed by atoms with E-state index in [9.17, 15) is 9.59 Å². The first kappa shape index (κ1) is 19.2. The molecule has 3 aromatic rings. The van der Waals surface area contributed by atoms with Gasteiger partial charge in [-0.2, -0.15) is 0 Å². The fraction of sp³-hybridized carbons (Fsp3) is 0.182. The first-order valence-corrected chi connectivity index (χ1v) is 9.07. The number of carbonyl (C=O) groups excluding carboxylic acids is 2. The molecule has 6 nitrogen and oxygen atoms in total. The maximum atomic E-state index is 12.2. The van der Waals surface area contributed by atoms with E-state index in [1.165, 1.54) is 0 Å². The van der Waals surface area contributed by atoms with Gasteiger partial charge in [0.2, 0.25) is 11.9 Å². The lowest BCUT2D eigenvalue weighted by atomic mass is 10.1. The van der Waals surface area contributed by atoms with Crippen molar-refractivity contribution in [3.05, 3.63) is 77.6 Å². The first-order valence-electron chi connectivity index (χ1n) is 9.07. The lowest BCUT2D eigenvalue weighted by Gasteiger charge is -2.09. The predicted octanol–water partition coefficient (Wildman–Crippen LogP) is 4.44. The van der Waals surface area contributed by atoms with Crippen LogP contribution in [0.1, 0.15) is 34.6 Å². The Balaban J connectivity index is 1.58. The maximum Gasteiger partial charge on any atom is 0.227 e. The second-order valence-electron chi connectivity index (χ2n) is 6.52. The minimum atomic E-state index is -0.205. The van der Waals surface area contributed by atoms with Gasteiger partial charge in [0.1, 0.15) is 0 Å². The number of carbonyl (C=O) groups is 2. The average molecular weight is 374 g/mol. The number of hydrogen-bond acceptors (Lipinski definition) is 5. The molecule has 6 heteroatoms. The average Bonchev–Trinajstić information content (AvgIpc) is 2.66. The molecule has 2 aromatic carbocycles. The van der Waals surface area contributed by atoms with Crippen molar-refractivity contribution in [2.75, 3.05) is 10.6 Å². The number of Topliss-reactive ketones (excluding diaryl/α,β-unsaturated/α-hetero) is 1. The molecule has 1 amide bonds. The van der Waals surface area contributed by atoms with Gasteiger partial charge in [-0.25, -0.2) is 9.97 Å². The molecule has 0 aliphatic rings. The van der Waals surface area contributed by atoms with Crippen molar-refractivity contribution in [1.82, 2.24) is 9.97 Å². The van der Waals surface area contributed by atoms with Gasteiger partial charge in [0, 0.05) is 41.2 Å². The van der Waals surface area contributed by atoms with Crippen molar-refractivity contribution < 1.29 is 9.59 Å². The summed E-state index contributed by atoms with van der Waals surface area (Å²) in [5.41, 5.74) is 3.79. The number of nitrogens with zero attached hydrogens (tertiary/aromatic N) is 2. The van der Waals surface area contributed by atoms with Gasteiger partial charge < -0.3 is 10.6 Å². The zero-order chi connectivity index (χ0) is 19.9. The quantitative estimate of drug-likeness (QED) is 0.597. The van der Waals surface area contributed by atoms with E-state index in [2.05, 4.69) is 20.6 Å². The van der Waals surface area contributed by atoms with Crippen molar-refractivity contribution in [2.24, 2.45) is 0 Å². The van der Waals surface area contributed by atoms with Crippen LogP contribution in [0.15, 0.2) is 60.7 Å². The highest BCUT2D eigenvalue weighted by atomic mass is 16.2. The Labute approximate surface area is 164 Å². The molecule has 0 saturated heterocycles. The summed E-state index contributed by atoms with van der Waals surface area (Å²) >= 11 is 0. The van der Waals surface area contributed by atoms with Crippen LogP contribution in [0.5, 0.6) is 0 Å². The van der Waals surface area contributed by atoms with Crippen LogP contribution >= 0.6 is 0 Å². The standard InChI is InChI=1S/C22H22N4O2/c1-15-13-16(2)24-22(23-15)26-19-10-6-9-18(14-19)25-21(28)12-11-20(27)17-7-4-3-5-8-17/h3-10,13-14H,11-12H2,1-2H3,(H,25,28)(H,23,24,26). The number of aryl methyl sites for hydroxylation is 2. The third kappa shape index (κ3) is 5.48. The number of aromatic nitrogens is 2. The first-order chi connectivity index (χ1) is 13.5. The Morgan fingerprint density at radius 1 is 0.821 bits per heavy atom. The predicted molar refractivity (Wildman–Crippen MR) is 110 cm³/mol. The SMILES string of the molecule is Cc1cc(C)nc(Nc2cccc(NC(=O)CCC(=O)c3ccccc3)c2)n1. The van der Waals surface area contributed by atoms with E-state index in [1.807, 2.05) is 50.2 Å². The second-order valence-corrected chi connectivity index (χ2v) is 6.52. The smallest absolute Gasteiger partial charge is 0.227 e. The monoisotopic (exact) mass is 374 g/mol. The molecule has 0 unspecified atom stereocenters.